The number of halogens is 3. The molecule has 0 aliphatic heterocycles. The van der Waals surface area contributed by atoms with Crippen LogP contribution in [-0.4, -0.2) is 42.6 Å². The highest BCUT2D eigenvalue weighted by molar-refractivity contribution is 6.03. The molecule has 172 valence electrons. The summed E-state index contributed by atoms with van der Waals surface area (Å²) >= 11 is 0. The zero-order valence-electron chi connectivity index (χ0n) is 17.2. The van der Waals surface area contributed by atoms with Gasteiger partial charge in [-0.05, 0) is 60.7 Å². The lowest BCUT2D eigenvalue weighted by Crippen LogP contribution is -2.34. The van der Waals surface area contributed by atoms with Gasteiger partial charge in [0.05, 0.1) is 12.8 Å². The van der Waals surface area contributed by atoms with Gasteiger partial charge in [-0.25, -0.2) is 0 Å². The Balaban J connectivity index is 1.52. The predicted octanol–water partition coefficient (Wildman–Crippen LogP) is 4.14. The summed E-state index contributed by atoms with van der Waals surface area (Å²) in [4.78, 5) is 37.9. The molecule has 0 unspecified atom stereocenters. The average molecular weight is 461 g/mol. The number of anilines is 2. The molecule has 0 aliphatic rings. The van der Waals surface area contributed by atoms with E-state index in [0.29, 0.717) is 5.69 Å². The van der Waals surface area contributed by atoms with Crippen LogP contribution in [0.2, 0.25) is 0 Å². The number of rotatable bonds is 7. The lowest BCUT2D eigenvalue weighted by molar-refractivity contribution is -0.274. The molecule has 0 saturated carbocycles. The molecule has 33 heavy (non-hydrogen) atoms. The van der Waals surface area contributed by atoms with Crippen LogP contribution in [0.1, 0.15) is 20.9 Å². The van der Waals surface area contributed by atoms with Crippen LogP contribution in [0.3, 0.4) is 0 Å². The molecule has 0 saturated heterocycles. The monoisotopic (exact) mass is 461 g/mol. The molecule has 0 radical (unpaired) electrons. The standard InChI is InChI=1S/C22H18F3N3O5/c1-28(13-19(29)26-15-8-10-17(11-9-15)33-22(23,24)25)21(31)14-4-6-16(7-5-14)27-20(30)18-3-2-12-32-18/h2-12H,13H2,1H3,(H,26,29)(H,27,30). The van der Waals surface area contributed by atoms with Crippen LogP contribution < -0.4 is 15.4 Å². The maximum atomic E-state index is 12.6. The number of benzene rings is 2. The SMILES string of the molecule is CN(CC(=O)Nc1ccc(OC(F)(F)F)cc1)C(=O)c1ccc(NC(=O)c2ccco2)cc1. The molecule has 2 N–H and O–H groups in total. The van der Waals surface area contributed by atoms with Crippen LogP contribution in [0.5, 0.6) is 5.75 Å². The normalized spacial score (nSPS) is 10.9. The molecule has 0 aliphatic carbocycles. The average Bonchev–Trinajstić information content (AvgIpc) is 3.29. The number of furan rings is 1. The highest BCUT2D eigenvalue weighted by atomic mass is 19.4. The highest BCUT2D eigenvalue weighted by Gasteiger charge is 2.31. The number of hydrogen-bond acceptors (Lipinski definition) is 5. The summed E-state index contributed by atoms with van der Waals surface area (Å²) in [5.74, 6) is -1.70. The third kappa shape index (κ3) is 6.86. The molecule has 2 aromatic carbocycles. The first-order valence-corrected chi connectivity index (χ1v) is 9.47. The van der Waals surface area contributed by atoms with E-state index in [4.69, 9.17) is 4.42 Å². The van der Waals surface area contributed by atoms with Crippen LogP contribution in [0.4, 0.5) is 24.5 Å². The Morgan fingerprint density at radius 1 is 0.939 bits per heavy atom. The third-order valence-corrected chi connectivity index (χ3v) is 4.23. The van der Waals surface area contributed by atoms with Crippen molar-refractivity contribution in [3.05, 3.63) is 78.3 Å². The zero-order valence-corrected chi connectivity index (χ0v) is 17.2. The van der Waals surface area contributed by atoms with Crippen molar-refractivity contribution >= 4 is 29.1 Å². The fraction of sp³-hybridized carbons (Fsp3) is 0.136. The van der Waals surface area contributed by atoms with Gasteiger partial charge in [0, 0.05) is 24.0 Å². The fourth-order valence-electron chi connectivity index (χ4n) is 2.74. The summed E-state index contributed by atoms with van der Waals surface area (Å²) in [7, 11) is 1.43. The Hall–Kier alpha value is -4.28. The molecule has 0 atom stereocenters. The summed E-state index contributed by atoms with van der Waals surface area (Å²) in [6, 6.07) is 13.8. The van der Waals surface area contributed by atoms with E-state index in [2.05, 4.69) is 15.4 Å². The molecule has 3 amide bonds. The number of hydrogen-bond donors (Lipinski definition) is 2. The third-order valence-electron chi connectivity index (χ3n) is 4.23. The Morgan fingerprint density at radius 3 is 2.12 bits per heavy atom. The topological polar surface area (TPSA) is 101 Å². The number of alkyl halides is 3. The van der Waals surface area contributed by atoms with Gasteiger partial charge in [-0.15, -0.1) is 13.2 Å². The van der Waals surface area contributed by atoms with Crippen molar-refractivity contribution in [3.8, 4) is 5.75 Å². The summed E-state index contributed by atoms with van der Waals surface area (Å²) in [5, 5.41) is 5.11. The number of ether oxygens (including phenoxy) is 1. The van der Waals surface area contributed by atoms with Crippen LogP contribution in [-0.2, 0) is 4.79 Å². The van der Waals surface area contributed by atoms with Crippen molar-refractivity contribution < 1.29 is 36.7 Å². The first-order chi connectivity index (χ1) is 15.6. The summed E-state index contributed by atoms with van der Waals surface area (Å²) < 4.78 is 45.4. The fourth-order valence-corrected chi connectivity index (χ4v) is 2.74. The molecule has 1 heterocycles. The smallest absolute Gasteiger partial charge is 0.459 e. The molecule has 11 heteroatoms. The van der Waals surface area contributed by atoms with Gasteiger partial charge < -0.3 is 24.7 Å². The first-order valence-electron chi connectivity index (χ1n) is 9.47. The minimum atomic E-state index is -4.81. The molecular formula is C22H18F3N3O5. The summed E-state index contributed by atoms with van der Waals surface area (Å²) in [6.07, 6.45) is -3.43. The van der Waals surface area contributed by atoms with Crippen LogP contribution in [0.15, 0.2) is 71.3 Å². The van der Waals surface area contributed by atoms with Gasteiger partial charge in [0.15, 0.2) is 5.76 Å². The number of amides is 3. The van der Waals surface area contributed by atoms with E-state index in [9.17, 15) is 27.6 Å². The maximum absolute atomic E-state index is 12.6. The number of likely N-dealkylation sites (N-methyl/N-ethyl adjacent to an activating group) is 1. The van der Waals surface area contributed by atoms with E-state index < -0.39 is 29.8 Å². The second kappa shape index (κ2) is 9.90. The van der Waals surface area contributed by atoms with Gasteiger partial charge in [0.25, 0.3) is 11.8 Å². The number of carbonyl (C=O) groups is 3. The van der Waals surface area contributed by atoms with Crippen LogP contribution in [0.25, 0.3) is 0 Å². The van der Waals surface area contributed by atoms with Gasteiger partial charge in [-0.1, -0.05) is 0 Å². The van der Waals surface area contributed by atoms with E-state index in [0.717, 1.165) is 12.1 Å². The number of nitrogens with zero attached hydrogens (tertiary/aromatic N) is 1. The van der Waals surface area contributed by atoms with E-state index in [-0.39, 0.29) is 23.6 Å². The van der Waals surface area contributed by atoms with Crippen molar-refractivity contribution in [3.63, 3.8) is 0 Å². The molecule has 0 fully saturated rings. The predicted molar refractivity (Wildman–Crippen MR) is 112 cm³/mol. The molecule has 3 aromatic rings. The van der Waals surface area contributed by atoms with Gasteiger partial charge in [-0.3, -0.25) is 14.4 Å². The van der Waals surface area contributed by atoms with E-state index in [1.807, 2.05) is 0 Å². The van der Waals surface area contributed by atoms with Crippen molar-refractivity contribution in [1.29, 1.82) is 0 Å². The Bertz CT molecular complexity index is 1110. The van der Waals surface area contributed by atoms with Crippen LogP contribution >= 0.6 is 0 Å². The van der Waals surface area contributed by atoms with Gasteiger partial charge in [-0.2, -0.15) is 0 Å². The van der Waals surface area contributed by atoms with E-state index in [1.165, 1.54) is 60.7 Å². The molecule has 3 rings (SSSR count). The van der Waals surface area contributed by atoms with Gasteiger partial charge >= 0.3 is 6.36 Å². The Morgan fingerprint density at radius 2 is 1.55 bits per heavy atom. The first kappa shape index (κ1) is 23.4. The van der Waals surface area contributed by atoms with Gasteiger partial charge in [0.1, 0.15) is 5.75 Å². The molecular weight excluding hydrogens is 443 g/mol. The van der Waals surface area contributed by atoms with Crippen LogP contribution in [0, 0.1) is 0 Å². The van der Waals surface area contributed by atoms with Crippen molar-refractivity contribution in [1.82, 2.24) is 4.90 Å². The van der Waals surface area contributed by atoms with Gasteiger partial charge in [0.2, 0.25) is 5.91 Å². The molecule has 0 bridgehead atoms. The lowest BCUT2D eigenvalue weighted by Gasteiger charge is -2.17. The second-order valence-corrected chi connectivity index (χ2v) is 6.79. The molecule has 0 spiro atoms. The molecule has 1 aromatic heterocycles. The number of nitrogens with one attached hydrogen (secondary N) is 2. The highest BCUT2D eigenvalue weighted by Crippen LogP contribution is 2.24. The maximum Gasteiger partial charge on any atom is 0.573 e. The summed E-state index contributed by atoms with van der Waals surface area (Å²) in [5.41, 5.74) is 0.980. The molecule has 8 nitrogen and oxygen atoms in total. The minimum absolute atomic E-state index is 0.142. The largest absolute Gasteiger partial charge is 0.573 e. The quantitative estimate of drug-likeness (QED) is 0.551. The zero-order chi connectivity index (χ0) is 24.0. The Labute approximate surface area is 185 Å². The lowest BCUT2D eigenvalue weighted by atomic mass is 10.2. The summed E-state index contributed by atoms with van der Waals surface area (Å²) in [6.45, 7) is -0.295. The van der Waals surface area contributed by atoms with Crippen molar-refractivity contribution in [2.45, 2.75) is 6.36 Å². The Kier molecular flexibility index (Phi) is 7.01. The minimum Gasteiger partial charge on any atom is -0.459 e. The van der Waals surface area contributed by atoms with E-state index in [1.54, 1.807) is 6.07 Å². The second-order valence-electron chi connectivity index (χ2n) is 6.79. The van der Waals surface area contributed by atoms with E-state index >= 15 is 0 Å². The van der Waals surface area contributed by atoms with Crippen molar-refractivity contribution in [2.75, 3.05) is 24.2 Å². The van der Waals surface area contributed by atoms with Crippen molar-refractivity contribution in [2.24, 2.45) is 0 Å². The number of carbonyl (C=O) groups excluding carboxylic acids is 3.